The normalized spacial score (nSPS) is 19.6. The van der Waals surface area contributed by atoms with Gasteiger partial charge in [-0.05, 0) is 159 Å². The molecule has 0 radical (unpaired) electrons. The minimum atomic E-state index is -0.587. The van der Waals surface area contributed by atoms with E-state index in [4.69, 9.17) is 9.47 Å². The zero-order valence-corrected chi connectivity index (χ0v) is 42.8. The van der Waals surface area contributed by atoms with Crippen LogP contribution < -0.4 is 14.5 Å². The fourth-order valence-corrected chi connectivity index (χ4v) is 14.5. The molecule has 2 spiro atoms. The van der Waals surface area contributed by atoms with E-state index in [0.717, 1.165) is 80.1 Å². The lowest BCUT2D eigenvalue weighted by molar-refractivity contribution is -0.000591. The largest absolute Gasteiger partial charge is 0.490 e. The van der Waals surface area contributed by atoms with Gasteiger partial charge in [0.2, 0.25) is 0 Å². The van der Waals surface area contributed by atoms with Crippen molar-refractivity contribution in [2.75, 3.05) is 9.80 Å². The Morgan fingerprint density at radius 3 is 1.50 bits per heavy atom. The van der Waals surface area contributed by atoms with Crippen LogP contribution in [0.2, 0.25) is 0 Å². The molecular formula is C74H52N2O2. The van der Waals surface area contributed by atoms with Gasteiger partial charge in [0.1, 0.15) is 23.4 Å². The monoisotopic (exact) mass is 1000 g/mol. The molecule has 0 amide bonds. The first kappa shape index (κ1) is 44.6. The second-order valence-electron chi connectivity index (χ2n) is 21.4. The summed E-state index contributed by atoms with van der Waals surface area (Å²) < 4.78 is 13.6. The van der Waals surface area contributed by atoms with Crippen molar-refractivity contribution >= 4 is 34.1 Å². The average Bonchev–Trinajstić information content (AvgIpc) is 3.49. The summed E-state index contributed by atoms with van der Waals surface area (Å²) in [4.78, 5) is 4.85. The first-order chi connectivity index (χ1) is 38.7. The second-order valence-corrected chi connectivity index (χ2v) is 21.4. The molecule has 0 N–H and O–H groups in total. The van der Waals surface area contributed by atoms with Crippen LogP contribution in [0.25, 0.3) is 33.4 Å². The van der Waals surface area contributed by atoms with Crippen molar-refractivity contribution in [3.8, 4) is 44.9 Å². The van der Waals surface area contributed by atoms with Gasteiger partial charge in [-0.15, -0.1) is 0 Å². The van der Waals surface area contributed by atoms with Gasteiger partial charge in [0, 0.05) is 62.5 Å². The Bertz CT molecular complexity index is 4140. The number of fused-ring (bicyclic) bond motifs is 18. The Labute approximate surface area is 455 Å². The van der Waals surface area contributed by atoms with Crippen LogP contribution in [0.1, 0.15) is 39.8 Å². The van der Waals surface area contributed by atoms with Crippen LogP contribution in [0, 0.1) is 11.8 Å². The highest BCUT2D eigenvalue weighted by Crippen LogP contribution is 2.65. The van der Waals surface area contributed by atoms with Crippen molar-refractivity contribution in [2.45, 2.75) is 23.4 Å². The molecule has 10 aromatic carbocycles. The number of hydrogen-bond donors (Lipinski definition) is 0. The minimum absolute atomic E-state index is 0.0689. The van der Waals surface area contributed by atoms with Gasteiger partial charge in [0.05, 0.1) is 5.41 Å². The molecule has 4 nitrogen and oxygen atoms in total. The van der Waals surface area contributed by atoms with Gasteiger partial charge in [0.25, 0.3) is 0 Å². The molecule has 1 fully saturated rings. The molecule has 10 aromatic rings. The smallest absolute Gasteiger partial charge is 0.132 e. The van der Waals surface area contributed by atoms with Crippen LogP contribution in [-0.4, -0.2) is 6.10 Å². The van der Waals surface area contributed by atoms with Gasteiger partial charge in [-0.25, -0.2) is 0 Å². The van der Waals surface area contributed by atoms with Crippen molar-refractivity contribution in [1.82, 2.24) is 0 Å². The van der Waals surface area contributed by atoms with Crippen LogP contribution >= 0.6 is 0 Å². The lowest BCUT2D eigenvalue weighted by Crippen LogP contribution is -2.52. The quantitative estimate of drug-likeness (QED) is 0.159. The first-order valence-electron chi connectivity index (χ1n) is 27.3. The van der Waals surface area contributed by atoms with Crippen LogP contribution in [0.4, 0.5) is 34.1 Å². The summed E-state index contributed by atoms with van der Waals surface area (Å²) in [5.74, 6) is 3.12. The summed E-state index contributed by atoms with van der Waals surface area (Å²) in [5, 5.41) is 0. The van der Waals surface area contributed by atoms with Crippen molar-refractivity contribution in [3.63, 3.8) is 0 Å². The van der Waals surface area contributed by atoms with Crippen molar-refractivity contribution in [1.29, 1.82) is 0 Å². The van der Waals surface area contributed by atoms with E-state index in [-0.39, 0.29) is 23.4 Å². The molecule has 0 bridgehead atoms. The third-order valence-electron chi connectivity index (χ3n) is 17.6. The fourth-order valence-electron chi connectivity index (χ4n) is 14.5. The highest BCUT2D eigenvalue weighted by molar-refractivity contribution is 5.92. The van der Waals surface area contributed by atoms with E-state index in [2.05, 4.69) is 295 Å². The van der Waals surface area contributed by atoms with E-state index in [0.29, 0.717) is 0 Å². The first-order valence-corrected chi connectivity index (χ1v) is 27.3. The maximum atomic E-state index is 6.89. The number of ether oxygens (including phenoxy) is 2. The predicted octanol–water partition coefficient (Wildman–Crippen LogP) is 18.6. The molecule has 0 saturated carbocycles. The number of rotatable bonds is 7. The number of allylic oxidation sites excluding steroid dienone is 6. The molecule has 16 rings (SSSR count). The van der Waals surface area contributed by atoms with Gasteiger partial charge in [-0.1, -0.05) is 188 Å². The summed E-state index contributed by atoms with van der Waals surface area (Å²) in [6.07, 6.45) is 16.6. The van der Waals surface area contributed by atoms with E-state index < -0.39 is 5.41 Å². The van der Waals surface area contributed by atoms with Gasteiger partial charge >= 0.3 is 0 Å². The molecule has 0 aromatic heterocycles. The maximum absolute atomic E-state index is 6.89. The van der Waals surface area contributed by atoms with Gasteiger partial charge < -0.3 is 19.3 Å². The number of benzene rings is 10. The average molecular weight is 1000 g/mol. The Hall–Kier alpha value is -9.64. The van der Waals surface area contributed by atoms with Gasteiger partial charge in [0.15, 0.2) is 0 Å². The van der Waals surface area contributed by atoms with E-state index in [1.807, 2.05) is 0 Å². The number of anilines is 6. The summed E-state index contributed by atoms with van der Waals surface area (Å²) in [5.41, 5.74) is 20.5. The summed E-state index contributed by atoms with van der Waals surface area (Å²) >= 11 is 0. The second kappa shape index (κ2) is 17.5. The molecule has 1 saturated heterocycles. The van der Waals surface area contributed by atoms with Crippen molar-refractivity contribution in [3.05, 3.63) is 324 Å². The highest BCUT2D eigenvalue weighted by atomic mass is 16.5. The van der Waals surface area contributed by atoms with Gasteiger partial charge in [-0.3, -0.25) is 0 Å². The number of hydrogen-bond acceptors (Lipinski definition) is 4. The minimum Gasteiger partial charge on any atom is -0.490 e. The Morgan fingerprint density at radius 1 is 0.372 bits per heavy atom. The SMILES string of the molecule is C1=CCC2C(=C1)O[C@H]1C=CC=CC1C21c2ccccc2-c2ccc(N(c3ccccc3)c3cccc(-c4cccc(N(c5ccccc5)c5ccc6c(c5)C5(c7ccccc7Oc7ccccc75)c5ccccc5-6)c4)c3)cc21. The topological polar surface area (TPSA) is 24.9 Å². The standard InChI is InChI=1S/C74H52N2O2/c1-3-23-51(24-4-1)75(55-41-43-59-57-29-7-9-31-61(57)73(67(59)47-55)63-33-11-15-37-69(63)77-70-38-16-12-34-64(70)73)53-27-19-21-49(45-53)50-22-20-28-54(46-50)76(52-25-5-2-6-26-52)56-42-44-60-58-30-8-10-32-62(58)74(68(60)48-56)65-35-13-17-39-71(65)78-72-40-18-14-36-66(72)74/h1-35,37-48,65-66,71H,36H2/t65?,66?,71-,74?/m0/s1. The van der Waals surface area contributed by atoms with Crippen molar-refractivity contribution in [2.24, 2.45) is 11.8 Å². The molecule has 3 unspecified atom stereocenters. The molecule has 2 heterocycles. The zero-order valence-electron chi connectivity index (χ0n) is 42.8. The van der Waals surface area contributed by atoms with E-state index in [1.165, 1.54) is 44.5 Å². The lowest BCUT2D eigenvalue weighted by atomic mass is 9.55. The Balaban J connectivity index is 0.831. The van der Waals surface area contributed by atoms with Crippen LogP contribution in [0.5, 0.6) is 11.5 Å². The highest BCUT2D eigenvalue weighted by Gasteiger charge is 2.60. The molecule has 4 heteroatoms. The molecular weight excluding hydrogens is 949 g/mol. The molecule has 370 valence electrons. The third-order valence-corrected chi connectivity index (χ3v) is 17.6. The van der Waals surface area contributed by atoms with E-state index >= 15 is 0 Å². The third kappa shape index (κ3) is 6.41. The van der Waals surface area contributed by atoms with E-state index in [1.54, 1.807) is 0 Å². The summed E-state index contributed by atoms with van der Waals surface area (Å²) in [6.45, 7) is 0. The Kier molecular flexibility index (Phi) is 9.99. The van der Waals surface area contributed by atoms with Crippen molar-refractivity contribution < 1.29 is 9.47 Å². The molecule has 6 aliphatic rings. The fraction of sp³-hybridized carbons (Fsp3) is 0.0811. The molecule has 4 atom stereocenters. The van der Waals surface area contributed by atoms with Gasteiger partial charge in [-0.2, -0.15) is 0 Å². The molecule has 2 aliphatic heterocycles. The maximum Gasteiger partial charge on any atom is 0.132 e. The van der Waals surface area contributed by atoms with Crippen LogP contribution in [0.3, 0.4) is 0 Å². The summed E-state index contributed by atoms with van der Waals surface area (Å²) in [7, 11) is 0. The molecule has 4 aliphatic carbocycles. The Morgan fingerprint density at radius 2 is 0.859 bits per heavy atom. The lowest BCUT2D eigenvalue weighted by Gasteiger charge is -2.52. The summed E-state index contributed by atoms with van der Waals surface area (Å²) in [6, 6.07) is 89.3. The van der Waals surface area contributed by atoms with Crippen LogP contribution in [0.15, 0.2) is 291 Å². The van der Waals surface area contributed by atoms with Crippen LogP contribution in [-0.2, 0) is 15.6 Å². The number of para-hydroxylation sites is 4. The molecule has 78 heavy (non-hydrogen) atoms. The predicted molar refractivity (Wildman–Crippen MR) is 317 cm³/mol. The zero-order chi connectivity index (χ0) is 51.4. The van der Waals surface area contributed by atoms with E-state index in [9.17, 15) is 0 Å². The number of nitrogens with zero attached hydrogens (tertiary/aromatic N) is 2.